The molecule has 0 saturated heterocycles. The summed E-state index contributed by atoms with van der Waals surface area (Å²) in [6, 6.07) is 23.1. The standard InChI is InChI=1S/C48H50N4O10/c1-55-23-25-57-27-29-59-31-33-61-51-37(13-11-35-19-21-49-41-9-5-3-7-39(35)41)15-17-43(51)45-47(53)46(48(45)54)44-18-16-38(52(44)62-34-32-60-30-28-58-26-24-56-2)14-12-36-20-22-50-42-10-6-4-8-40(36)42/h3-22H,23-34H2,1-2H3. The summed E-state index contributed by atoms with van der Waals surface area (Å²) in [7, 11) is 3.24. The van der Waals surface area contributed by atoms with Gasteiger partial charge in [0.2, 0.25) is 5.78 Å². The van der Waals surface area contributed by atoms with E-state index in [9.17, 15) is 9.90 Å². The molecule has 0 spiro atoms. The predicted octanol–water partition coefficient (Wildman–Crippen LogP) is 5.12. The fourth-order valence-corrected chi connectivity index (χ4v) is 6.82. The van der Waals surface area contributed by atoms with Gasteiger partial charge < -0.3 is 38.4 Å². The molecule has 5 aromatic rings. The van der Waals surface area contributed by atoms with Crippen molar-refractivity contribution < 1.29 is 52.7 Å². The normalized spacial score (nSPS) is 15.4. The van der Waals surface area contributed by atoms with Crippen LogP contribution in [0.3, 0.4) is 0 Å². The topological polar surface area (TPSA) is 148 Å². The first-order valence-electron chi connectivity index (χ1n) is 20.5. The third-order valence-corrected chi connectivity index (χ3v) is 9.89. The van der Waals surface area contributed by atoms with E-state index in [0.29, 0.717) is 75.7 Å². The van der Waals surface area contributed by atoms with Crippen molar-refractivity contribution in [3.8, 4) is 0 Å². The number of Topliss-reactive ketones (excluding diaryl/α,β-unsaturated/α-hetero) is 1. The fourth-order valence-electron chi connectivity index (χ4n) is 6.82. The van der Waals surface area contributed by atoms with Crippen molar-refractivity contribution in [1.29, 1.82) is 0 Å². The van der Waals surface area contributed by atoms with Crippen molar-refractivity contribution in [3.05, 3.63) is 143 Å². The van der Waals surface area contributed by atoms with Crippen LogP contribution in [-0.4, -0.2) is 124 Å². The maximum atomic E-state index is 14.2. The minimum absolute atomic E-state index is 0.00590. The molecule has 14 heteroatoms. The summed E-state index contributed by atoms with van der Waals surface area (Å²) < 4.78 is 35.5. The number of hydrogen-bond acceptors (Lipinski definition) is 12. The second-order valence-corrected chi connectivity index (χ2v) is 13.9. The number of rotatable bonds is 25. The molecule has 0 fully saturated rings. The average molecular weight is 843 g/mol. The summed E-state index contributed by atoms with van der Waals surface area (Å²) in [5, 5.41) is 16.2. The Hall–Kier alpha value is -6.26. The third kappa shape index (κ3) is 10.8. The van der Waals surface area contributed by atoms with E-state index in [0.717, 1.165) is 32.9 Å². The Morgan fingerprint density at radius 3 is 1.74 bits per heavy atom. The zero-order valence-electron chi connectivity index (χ0n) is 34.9. The number of hydrogen-bond donors (Lipinski definition) is 0. The largest absolute Gasteiger partial charge is 0.871 e. The van der Waals surface area contributed by atoms with Gasteiger partial charge in [0, 0.05) is 65.9 Å². The van der Waals surface area contributed by atoms with E-state index in [2.05, 4.69) is 9.97 Å². The number of carbonyl (C=O) groups is 1. The number of ketones is 1. The number of pyridine rings is 2. The highest BCUT2D eigenvalue weighted by atomic mass is 16.7. The van der Waals surface area contributed by atoms with Crippen LogP contribution in [0.25, 0.3) is 45.6 Å². The highest BCUT2D eigenvalue weighted by molar-refractivity contribution is 6.39. The minimum Gasteiger partial charge on any atom is -0.871 e. The molecule has 4 heterocycles. The van der Waals surface area contributed by atoms with Gasteiger partial charge in [-0.2, -0.15) is 4.73 Å². The predicted molar refractivity (Wildman–Crippen MR) is 234 cm³/mol. The lowest BCUT2D eigenvalue weighted by Crippen LogP contribution is -2.34. The molecule has 0 unspecified atom stereocenters. The van der Waals surface area contributed by atoms with Gasteiger partial charge in [0.25, 0.3) is 11.4 Å². The number of nitrogens with zero attached hydrogens (tertiary/aromatic N) is 4. The van der Waals surface area contributed by atoms with E-state index < -0.39 is 11.5 Å². The van der Waals surface area contributed by atoms with Gasteiger partial charge in [0.05, 0.1) is 94.1 Å². The SMILES string of the molecule is COCCOCCOCCOn1c(/C=C/c2ccnc3ccccc23)ccc1C1=C([O-])/C(=C2\C=CC(/C=C/c3ccnc4ccccc34)=[N+]2OCCOCCOCCOC)C1=O. The summed E-state index contributed by atoms with van der Waals surface area (Å²) in [6.07, 6.45) is 14.7. The Bertz CT molecular complexity index is 2510. The molecule has 0 amide bonds. The smallest absolute Gasteiger partial charge is 0.269 e. The second-order valence-electron chi connectivity index (χ2n) is 13.9. The summed E-state index contributed by atoms with van der Waals surface area (Å²) in [5.41, 5.74) is 5.54. The van der Waals surface area contributed by atoms with E-state index in [1.807, 2.05) is 97.1 Å². The molecule has 7 rings (SSSR count). The maximum Gasteiger partial charge on any atom is 0.269 e. The molecule has 0 atom stereocenters. The van der Waals surface area contributed by atoms with Crippen LogP contribution in [-0.2, 0) is 38.1 Å². The van der Waals surface area contributed by atoms with Gasteiger partial charge in [-0.1, -0.05) is 48.2 Å². The van der Waals surface area contributed by atoms with Gasteiger partial charge in [-0.05, 0) is 59.7 Å². The number of carbonyl (C=O) groups excluding carboxylic acids is 1. The molecule has 14 nitrogen and oxygen atoms in total. The number of benzene rings is 2. The van der Waals surface area contributed by atoms with Crippen LogP contribution in [0.15, 0.2) is 120 Å². The average Bonchev–Trinajstić information content (AvgIpc) is 3.88. The first-order valence-corrected chi connectivity index (χ1v) is 20.5. The van der Waals surface area contributed by atoms with E-state index >= 15 is 0 Å². The number of fused-ring (bicyclic) bond motifs is 2. The van der Waals surface area contributed by atoms with E-state index in [1.165, 1.54) is 9.47 Å². The lowest BCUT2D eigenvalue weighted by atomic mass is 9.84. The maximum absolute atomic E-state index is 14.2. The lowest BCUT2D eigenvalue weighted by Gasteiger charge is -2.30. The molecule has 1 aliphatic carbocycles. The minimum atomic E-state index is -0.430. The molecule has 62 heavy (non-hydrogen) atoms. The first kappa shape index (κ1) is 43.8. The molecule has 0 radical (unpaired) electrons. The van der Waals surface area contributed by atoms with E-state index in [4.69, 9.17) is 38.1 Å². The number of allylic oxidation sites excluding steroid dienone is 5. The van der Waals surface area contributed by atoms with Crippen molar-refractivity contribution >= 4 is 57.1 Å². The highest BCUT2D eigenvalue weighted by Crippen LogP contribution is 2.38. The van der Waals surface area contributed by atoms with E-state index in [-0.39, 0.29) is 37.6 Å². The summed E-state index contributed by atoms with van der Waals surface area (Å²) in [4.78, 5) is 35.6. The molecule has 0 bridgehead atoms. The number of para-hydroxylation sites is 2. The van der Waals surface area contributed by atoms with Gasteiger partial charge in [-0.3, -0.25) is 19.6 Å². The Morgan fingerprint density at radius 1 is 0.597 bits per heavy atom. The van der Waals surface area contributed by atoms with E-state index in [1.54, 1.807) is 38.8 Å². The van der Waals surface area contributed by atoms with Crippen molar-refractivity contribution in [2.75, 3.05) is 93.5 Å². The van der Waals surface area contributed by atoms with Crippen molar-refractivity contribution in [2.24, 2.45) is 0 Å². The molecule has 0 N–H and O–H groups in total. The van der Waals surface area contributed by atoms with Crippen molar-refractivity contribution in [2.45, 2.75) is 0 Å². The molecule has 3 aromatic heterocycles. The zero-order valence-corrected chi connectivity index (χ0v) is 34.9. The molecular weight excluding hydrogens is 793 g/mol. The van der Waals surface area contributed by atoms with Gasteiger partial charge in [0.15, 0.2) is 6.61 Å². The molecule has 2 aromatic carbocycles. The fraction of sp³-hybridized carbons (Fsp3) is 0.292. The van der Waals surface area contributed by atoms with Crippen LogP contribution in [0.1, 0.15) is 22.5 Å². The van der Waals surface area contributed by atoms with Crippen LogP contribution in [0, 0.1) is 0 Å². The quantitative estimate of drug-likeness (QED) is 0.0437. The molecular formula is C48H50N4O10. The number of hydroxylamine groups is 1. The molecule has 322 valence electrons. The Labute approximate surface area is 360 Å². The van der Waals surface area contributed by atoms with Crippen LogP contribution in [0.4, 0.5) is 0 Å². The first-order chi connectivity index (χ1) is 30.6. The summed E-state index contributed by atoms with van der Waals surface area (Å²) in [6.45, 7) is 4.30. The Kier molecular flexibility index (Phi) is 15.9. The number of aromatic nitrogens is 3. The van der Waals surface area contributed by atoms with Gasteiger partial charge >= 0.3 is 0 Å². The Balaban J connectivity index is 1.15. The second kappa shape index (κ2) is 22.5. The van der Waals surface area contributed by atoms with Crippen molar-refractivity contribution in [3.63, 3.8) is 0 Å². The van der Waals surface area contributed by atoms with Crippen LogP contribution in [0.2, 0.25) is 0 Å². The monoisotopic (exact) mass is 842 g/mol. The van der Waals surface area contributed by atoms with Crippen LogP contribution >= 0.6 is 0 Å². The molecule has 2 aliphatic rings. The van der Waals surface area contributed by atoms with Crippen LogP contribution in [0.5, 0.6) is 0 Å². The third-order valence-electron chi connectivity index (χ3n) is 9.89. The van der Waals surface area contributed by atoms with Gasteiger partial charge in [-0.15, -0.1) is 0 Å². The van der Waals surface area contributed by atoms with Gasteiger partial charge in [0.1, 0.15) is 6.61 Å². The number of methoxy groups -OCH3 is 2. The highest BCUT2D eigenvalue weighted by Gasteiger charge is 2.40. The number of ether oxygens (including phenoxy) is 6. The Morgan fingerprint density at radius 2 is 1.15 bits per heavy atom. The van der Waals surface area contributed by atoms with Gasteiger partial charge in [-0.25, -0.2) is 0 Å². The summed E-state index contributed by atoms with van der Waals surface area (Å²) in [5.74, 6) is -0.859. The van der Waals surface area contributed by atoms with Crippen molar-refractivity contribution in [1.82, 2.24) is 14.7 Å². The molecule has 0 saturated carbocycles. The van der Waals surface area contributed by atoms with Crippen LogP contribution < -0.4 is 9.94 Å². The molecule has 1 aliphatic heterocycles. The zero-order chi connectivity index (χ0) is 42.9. The lowest BCUT2D eigenvalue weighted by molar-refractivity contribution is -0.748. The summed E-state index contributed by atoms with van der Waals surface area (Å²) >= 11 is 0.